The number of carbonyl (C=O) groups excluding carboxylic acids is 1. The predicted molar refractivity (Wildman–Crippen MR) is 58.1 cm³/mol. The van der Waals surface area contributed by atoms with Crippen LogP contribution in [0, 0.1) is 0 Å². The van der Waals surface area contributed by atoms with Crippen molar-refractivity contribution in [3.63, 3.8) is 0 Å². The summed E-state index contributed by atoms with van der Waals surface area (Å²) in [4.78, 5) is 11.2. The van der Waals surface area contributed by atoms with Gasteiger partial charge in [-0.15, -0.1) is 0 Å². The molecular weight excluding hydrogens is 233 g/mol. The Morgan fingerprint density at radius 1 is 1.41 bits per heavy atom. The van der Waals surface area contributed by atoms with E-state index in [1.807, 2.05) is 0 Å². The zero-order valence-corrected chi connectivity index (χ0v) is 9.51. The Hall–Kier alpha value is -1.72. The Balaban J connectivity index is 2.83. The predicted octanol–water partition coefficient (Wildman–Crippen LogP) is 2.90. The van der Waals surface area contributed by atoms with E-state index in [4.69, 9.17) is 0 Å². The van der Waals surface area contributed by atoms with E-state index in [1.54, 1.807) is 6.92 Å². The van der Waals surface area contributed by atoms with Crippen molar-refractivity contribution in [1.82, 2.24) is 5.01 Å². The van der Waals surface area contributed by atoms with Crippen molar-refractivity contribution < 1.29 is 18.0 Å². The minimum atomic E-state index is -4.38. The number of nitrogens with zero attached hydrogens (tertiary/aromatic N) is 1. The van der Waals surface area contributed by atoms with Crippen molar-refractivity contribution in [2.45, 2.75) is 19.5 Å². The Morgan fingerprint density at radius 3 is 2.59 bits per heavy atom. The normalized spacial score (nSPS) is 11.1. The summed E-state index contributed by atoms with van der Waals surface area (Å²) in [5, 5.41) is 1.16. The molecule has 6 heteroatoms. The van der Waals surface area contributed by atoms with Crippen LogP contribution in [0.2, 0.25) is 0 Å². The molecule has 1 aromatic carbocycles. The first-order valence-electron chi connectivity index (χ1n) is 5.05. The van der Waals surface area contributed by atoms with E-state index in [-0.39, 0.29) is 18.0 Å². The fraction of sp³-hybridized carbons (Fsp3) is 0.364. The molecule has 0 saturated carbocycles. The molecule has 0 aliphatic rings. The van der Waals surface area contributed by atoms with Gasteiger partial charge in [0.15, 0.2) is 0 Å². The van der Waals surface area contributed by atoms with E-state index in [2.05, 4.69) is 5.43 Å². The molecular formula is C11H13F3N2O. The largest absolute Gasteiger partial charge is 0.416 e. The van der Waals surface area contributed by atoms with Crippen LogP contribution in [-0.4, -0.2) is 18.0 Å². The Labute approximate surface area is 97.2 Å². The number of rotatable bonds is 3. The summed E-state index contributed by atoms with van der Waals surface area (Å²) in [6.07, 6.45) is -4.10. The average Bonchev–Trinajstić information content (AvgIpc) is 2.27. The van der Waals surface area contributed by atoms with Gasteiger partial charge in [0.1, 0.15) is 0 Å². The third-order valence-corrected chi connectivity index (χ3v) is 2.16. The summed E-state index contributed by atoms with van der Waals surface area (Å²) >= 11 is 0. The number of hydrazine groups is 1. The molecule has 0 heterocycles. The van der Waals surface area contributed by atoms with Crippen molar-refractivity contribution >= 4 is 11.6 Å². The van der Waals surface area contributed by atoms with Gasteiger partial charge in [-0.1, -0.05) is 13.0 Å². The van der Waals surface area contributed by atoms with E-state index < -0.39 is 11.7 Å². The van der Waals surface area contributed by atoms with Gasteiger partial charge in [-0.05, 0) is 18.2 Å². The lowest BCUT2D eigenvalue weighted by molar-refractivity contribution is -0.137. The molecule has 0 aliphatic carbocycles. The Morgan fingerprint density at radius 2 is 2.06 bits per heavy atom. The number of amides is 1. The fourth-order valence-corrected chi connectivity index (χ4v) is 1.26. The molecule has 0 aliphatic heterocycles. The van der Waals surface area contributed by atoms with E-state index in [9.17, 15) is 18.0 Å². The molecule has 3 nitrogen and oxygen atoms in total. The molecule has 0 saturated heterocycles. The number of alkyl halides is 3. The highest BCUT2D eigenvalue weighted by atomic mass is 19.4. The van der Waals surface area contributed by atoms with E-state index >= 15 is 0 Å². The van der Waals surface area contributed by atoms with E-state index in [1.165, 1.54) is 19.2 Å². The van der Waals surface area contributed by atoms with Crippen molar-refractivity contribution in [2.24, 2.45) is 0 Å². The van der Waals surface area contributed by atoms with Crippen molar-refractivity contribution in [3.05, 3.63) is 29.8 Å². The molecule has 17 heavy (non-hydrogen) atoms. The standard InChI is InChI=1S/C11H13F3N2O/c1-3-10(17)16(2)15-9-6-4-5-8(7-9)11(12,13)14/h4-7,15H,3H2,1-2H3. The summed E-state index contributed by atoms with van der Waals surface area (Å²) in [5.74, 6) is -0.206. The minimum Gasteiger partial charge on any atom is -0.296 e. The highest BCUT2D eigenvalue weighted by molar-refractivity contribution is 5.77. The number of hydrogen-bond acceptors (Lipinski definition) is 2. The van der Waals surface area contributed by atoms with Crippen LogP contribution < -0.4 is 5.43 Å². The van der Waals surface area contributed by atoms with Gasteiger partial charge in [0.05, 0.1) is 11.3 Å². The van der Waals surface area contributed by atoms with Gasteiger partial charge in [0.2, 0.25) is 5.91 Å². The minimum absolute atomic E-state index is 0.206. The monoisotopic (exact) mass is 246 g/mol. The van der Waals surface area contributed by atoms with Crippen LogP contribution >= 0.6 is 0 Å². The van der Waals surface area contributed by atoms with Crippen LogP contribution in [-0.2, 0) is 11.0 Å². The van der Waals surface area contributed by atoms with Crippen LogP contribution in [0.25, 0.3) is 0 Å². The third kappa shape index (κ3) is 3.65. The second-order valence-electron chi connectivity index (χ2n) is 3.50. The quantitative estimate of drug-likeness (QED) is 0.832. The number of halogens is 3. The van der Waals surface area contributed by atoms with Gasteiger partial charge >= 0.3 is 6.18 Å². The fourth-order valence-electron chi connectivity index (χ4n) is 1.26. The molecule has 0 unspecified atom stereocenters. The van der Waals surface area contributed by atoms with Crippen LogP contribution in [0.3, 0.4) is 0 Å². The molecule has 0 atom stereocenters. The maximum Gasteiger partial charge on any atom is 0.416 e. The van der Waals surface area contributed by atoms with Crippen LogP contribution in [0.1, 0.15) is 18.9 Å². The molecule has 1 aromatic rings. The van der Waals surface area contributed by atoms with Gasteiger partial charge in [-0.2, -0.15) is 13.2 Å². The topological polar surface area (TPSA) is 32.3 Å². The molecule has 0 spiro atoms. The highest BCUT2D eigenvalue weighted by Crippen LogP contribution is 2.30. The average molecular weight is 246 g/mol. The smallest absolute Gasteiger partial charge is 0.296 e. The second-order valence-corrected chi connectivity index (χ2v) is 3.50. The molecule has 0 aromatic heterocycles. The third-order valence-electron chi connectivity index (χ3n) is 2.16. The summed E-state index contributed by atoms with van der Waals surface area (Å²) in [6, 6.07) is 4.69. The van der Waals surface area contributed by atoms with Gasteiger partial charge in [-0.3, -0.25) is 15.2 Å². The number of carbonyl (C=O) groups is 1. The molecule has 1 amide bonds. The van der Waals surface area contributed by atoms with Gasteiger partial charge < -0.3 is 0 Å². The molecule has 1 N–H and O–H groups in total. The lowest BCUT2D eigenvalue weighted by atomic mass is 10.2. The lowest BCUT2D eigenvalue weighted by Gasteiger charge is -2.19. The summed E-state index contributed by atoms with van der Waals surface area (Å²) in [6.45, 7) is 1.67. The Kier molecular flexibility index (Phi) is 3.98. The molecule has 0 bridgehead atoms. The molecule has 0 fully saturated rings. The number of nitrogens with one attached hydrogen (secondary N) is 1. The van der Waals surface area contributed by atoms with E-state index in [0.717, 1.165) is 17.1 Å². The van der Waals surface area contributed by atoms with E-state index in [0.29, 0.717) is 0 Å². The van der Waals surface area contributed by atoms with Crippen molar-refractivity contribution in [1.29, 1.82) is 0 Å². The zero-order chi connectivity index (χ0) is 13.1. The lowest BCUT2D eigenvalue weighted by Crippen LogP contribution is -2.31. The van der Waals surface area contributed by atoms with Crippen molar-refractivity contribution in [2.75, 3.05) is 12.5 Å². The maximum atomic E-state index is 12.4. The zero-order valence-electron chi connectivity index (χ0n) is 9.51. The van der Waals surface area contributed by atoms with Gasteiger partial charge in [0, 0.05) is 13.5 Å². The summed E-state index contributed by atoms with van der Waals surface area (Å²) in [7, 11) is 1.46. The maximum absolute atomic E-state index is 12.4. The molecule has 0 radical (unpaired) electrons. The summed E-state index contributed by atoms with van der Waals surface area (Å²) in [5.41, 5.74) is 2.06. The number of hydrogen-bond donors (Lipinski definition) is 1. The second kappa shape index (κ2) is 5.07. The number of anilines is 1. The van der Waals surface area contributed by atoms with Gasteiger partial charge in [0.25, 0.3) is 0 Å². The first-order valence-corrected chi connectivity index (χ1v) is 5.05. The Bertz CT molecular complexity index is 404. The van der Waals surface area contributed by atoms with Crippen LogP contribution in [0.5, 0.6) is 0 Å². The highest BCUT2D eigenvalue weighted by Gasteiger charge is 2.30. The van der Waals surface area contributed by atoms with Crippen LogP contribution in [0.15, 0.2) is 24.3 Å². The number of benzene rings is 1. The first-order chi connectivity index (χ1) is 7.84. The molecule has 1 rings (SSSR count). The SMILES string of the molecule is CCC(=O)N(C)Nc1cccc(C(F)(F)F)c1. The summed E-state index contributed by atoms with van der Waals surface area (Å²) < 4.78 is 37.3. The van der Waals surface area contributed by atoms with Gasteiger partial charge in [-0.25, -0.2) is 0 Å². The van der Waals surface area contributed by atoms with Crippen molar-refractivity contribution in [3.8, 4) is 0 Å². The molecule has 94 valence electrons. The first kappa shape index (κ1) is 13.3. The van der Waals surface area contributed by atoms with Crippen LogP contribution in [0.4, 0.5) is 18.9 Å².